The van der Waals surface area contributed by atoms with Gasteiger partial charge in [-0.2, -0.15) is 23.1 Å². The number of imidazole rings is 1. The van der Waals surface area contributed by atoms with Gasteiger partial charge in [0.15, 0.2) is 17.0 Å². The van der Waals surface area contributed by atoms with Crippen molar-refractivity contribution in [1.82, 2.24) is 19.5 Å². The zero-order valence-electron chi connectivity index (χ0n) is 14.3. The van der Waals surface area contributed by atoms with Gasteiger partial charge < -0.3 is 20.9 Å². The van der Waals surface area contributed by atoms with Crippen LogP contribution >= 0.6 is 11.6 Å². The number of benzene rings is 1. The number of aryl methyl sites for hydroxylation is 1. The van der Waals surface area contributed by atoms with Crippen LogP contribution in [-0.4, -0.2) is 32.6 Å². The van der Waals surface area contributed by atoms with Gasteiger partial charge in [0.25, 0.3) is 0 Å². The molecule has 144 valence electrons. The van der Waals surface area contributed by atoms with E-state index in [1.54, 1.807) is 10.9 Å². The van der Waals surface area contributed by atoms with Gasteiger partial charge in [-0.3, -0.25) is 0 Å². The lowest BCUT2D eigenvalue weighted by Gasteiger charge is -2.13. The number of aromatic nitrogens is 4. The molecule has 0 unspecified atom stereocenters. The van der Waals surface area contributed by atoms with E-state index in [4.69, 9.17) is 17.3 Å². The van der Waals surface area contributed by atoms with E-state index in [-0.39, 0.29) is 16.5 Å². The predicted molar refractivity (Wildman–Crippen MR) is 98.3 cm³/mol. The van der Waals surface area contributed by atoms with Gasteiger partial charge in [-0.15, -0.1) is 0 Å². The number of nitrogens with one attached hydrogen (secondary N) is 2. The number of nitrogens with two attached hydrogens (primary N) is 1. The molecule has 0 aliphatic rings. The average Bonchev–Trinajstić information content (AvgIpc) is 3.04. The molecule has 0 aliphatic heterocycles. The Labute approximate surface area is 157 Å². The first-order valence-corrected chi connectivity index (χ1v) is 8.52. The molecule has 0 fully saturated rings. The lowest BCUT2D eigenvalue weighted by Crippen LogP contribution is -2.15. The van der Waals surface area contributed by atoms with Crippen molar-refractivity contribution in [3.05, 3.63) is 35.1 Å². The van der Waals surface area contributed by atoms with Gasteiger partial charge in [-0.05, 0) is 25.1 Å². The van der Waals surface area contributed by atoms with Crippen LogP contribution in [0, 0.1) is 0 Å². The van der Waals surface area contributed by atoms with Gasteiger partial charge >= 0.3 is 6.18 Å². The van der Waals surface area contributed by atoms with Crippen molar-refractivity contribution in [2.45, 2.75) is 19.6 Å². The molecule has 0 saturated carbocycles. The summed E-state index contributed by atoms with van der Waals surface area (Å²) in [4.78, 5) is 13.0. The van der Waals surface area contributed by atoms with E-state index in [1.807, 2.05) is 6.92 Å². The Morgan fingerprint density at radius 1 is 1.26 bits per heavy atom. The van der Waals surface area contributed by atoms with Crippen LogP contribution < -0.4 is 16.4 Å². The first-order chi connectivity index (χ1) is 12.8. The minimum Gasteiger partial charge on any atom is -0.353 e. The Morgan fingerprint density at radius 2 is 2.04 bits per heavy atom. The highest BCUT2D eigenvalue weighted by Crippen LogP contribution is 2.37. The average molecular weight is 400 g/mol. The largest absolute Gasteiger partial charge is 0.417 e. The second kappa shape index (κ2) is 7.57. The van der Waals surface area contributed by atoms with Crippen molar-refractivity contribution in [2.75, 3.05) is 23.7 Å². The van der Waals surface area contributed by atoms with Crippen LogP contribution in [0.1, 0.15) is 12.5 Å². The quantitative estimate of drug-likeness (QED) is 0.586. The molecular formula is C16H17ClF3N7. The number of halogens is 4. The number of hydrogen-bond acceptors (Lipinski definition) is 6. The molecule has 7 nitrogen and oxygen atoms in total. The number of nitrogens with zero attached hydrogens (tertiary/aromatic N) is 4. The van der Waals surface area contributed by atoms with E-state index in [1.165, 1.54) is 12.1 Å². The summed E-state index contributed by atoms with van der Waals surface area (Å²) in [5.41, 5.74) is 5.74. The molecule has 27 heavy (non-hydrogen) atoms. The number of alkyl halides is 3. The molecule has 2 heterocycles. The molecule has 0 aliphatic carbocycles. The molecule has 0 amide bonds. The van der Waals surface area contributed by atoms with Crippen molar-refractivity contribution < 1.29 is 13.2 Å². The van der Waals surface area contributed by atoms with Crippen molar-refractivity contribution in [1.29, 1.82) is 0 Å². The van der Waals surface area contributed by atoms with Crippen molar-refractivity contribution in [3.8, 4) is 0 Å². The molecule has 0 atom stereocenters. The van der Waals surface area contributed by atoms with E-state index in [2.05, 4.69) is 25.6 Å². The summed E-state index contributed by atoms with van der Waals surface area (Å²) in [5, 5.41) is 5.48. The molecule has 2 aromatic heterocycles. The topological polar surface area (TPSA) is 93.7 Å². The third-order valence-corrected chi connectivity index (χ3v) is 4.10. The van der Waals surface area contributed by atoms with Crippen molar-refractivity contribution in [3.63, 3.8) is 0 Å². The Hall–Kier alpha value is -2.59. The van der Waals surface area contributed by atoms with Crippen molar-refractivity contribution >= 4 is 40.2 Å². The summed E-state index contributed by atoms with van der Waals surface area (Å²) in [6.45, 7) is 3.38. The summed E-state index contributed by atoms with van der Waals surface area (Å²) in [6, 6.07) is 3.55. The first-order valence-electron chi connectivity index (χ1n) is 8.14. The SMILES string of the molecule is CCn1cnc2c(Nc3ccc(Cl)c(C(F)(F)F)c3)nc(NCCN)nc21. The Kier molecular flexibility index (Phi) is 5.38. The lowest BCUT2D eigenvalue weighted by molar-refractivity contribution is -0.137. The monoisotopic (exact) mass is 399 g/mol. The Bertz CT molecular complexity index is 955. The molecule has 1 aromatic carbocycles. The fourth-order valence-corrected chi connectivity index (χ4v) is 2.71. The van der Waals surface area contributed by atoms with Crippen LogP contribution in [0.2, 0.25) is 5.02 Å². The molecule has 0 bridgehead atoms. The molecule has 11 heteroatoms. The molecule has 3 aromatic rings. The number of anilines is 3. The third-order valence-electron chi connectivity index (χ3n) is 3.77. The summed E-state index contributed by atoms with van der Waals surface area (Å²) < 4.78 is 41.1. The van der Waals surface area contributed by atoms with Crippen LogP contribution in [0.5, 0.6) is 0 Å². The van der Waals surface area contributed by atoms with Crippen LogP contribution in [0.4, 0.5) is 30.6 Å². The highest BCUT2D eigenvalue weighted by atomic mass is 35.5. The van der Waals surface area contributed by atoms with E-state index in [0.29, 0.717) is 36.7 Å². The van der Waals surface area contributed by atoms with Gasteiger partial charge in [-0.1, -0.05) is 11.6 Å². The molecule has 3 rings (SSSR count). The summed E-state index contributed by atoms with van der Waals surface area (Å²) in [7, 11) is 0. The first kappa shape index (κ1) is 19.2. The van der Waals surface area contributed by atoms with E-state index < -0.39 is 11.7 Å². The van der Waals surface area contributed by atoms with Gasteiger partial charge in [0.1, 0.15) is 0 Å². The zero-order valence-corrected chi connectivity index (χ0v) is 15.1. The fourth-order valence-electron chi connectivity index (χ4n) is 2.48. The minimum atomic E-state index is -4.56. The van der Waals surface area contributed by atoms with Crippen molar-refractivity contribution in [2.24, 2.45) is 5.73 Å². The van der Waals surface area contributed by atoms with Gasteiger partial charge in [0.05, 0.1) is 16.9 Å². The summed E-state index contributed by atoms with van der Waals surface area (Å²) >= 11 is 5.67. The number of rotatable bonds is 6. The minimum absolute atomic E-state index is 0.183. The zero-order chi connectivity index (χ0) is 19.6. The highest BCUT2D eigenvalue weighted by Gasteiger charge is 2.33. The maximum Gasteiger partial charge on any atom is 0.417 e. The smallest absolute Gasteiger partial charge is 0.353 e. The molecular weight excluding hydrogens is 383 g/mol. The molecule has 4 N–H and O–H groups in total. The van der Waals surface area contributed by atoms with Crippen LogP contribution in [0.3, 0.4) is 0 Å². The Balaban J connectivity index is 2.04. The molecule has 0 radical (unpaired) electrons. The second-order valence-corrected chi connectivity index (χ2v) is 6.04. The Morgan fingerprint density at radius 3 is 2.70 bits per heavy atom. The van der Waals surface area contributed by atoms with Crippen LogP contribution in [0.15, 0.2) is 24.5 Å². The predicted octanol–water partition coefficient (Wildman–Crippen LogP) is 3.63. The molecule has 0 spiro atoms. The molecule has 0 saturated heterocycles. The van der Waals surface area contributed by atoms with Gasteiger partial charge in [0.2, 0.25) is 5.95 Å². The van der Waals surface area contributed by atoms with Crippen LogP contribution in [-0.2, 0) is 12.7 Å². The lowest BCUT2D eigenvalue weighted by atomic mass is 10.2. The van der Waals surface area contributed by atoms with E-state index in [0.717, 1.165) is 6.07 Å². The third kappa shape index (κ3) is 4.06. The normalized spacial score (nSPS) is 11.8. The van der Waals surface area contributed by atoms with E-state index in [9.17, 15) is 13.2 Å². The maximum atomic E-state index is 13.1. The number of hydrogen-bond donors (Lipinski definition) is 3. The van der Waals surface area contributed by atoms with E-state index >= 15 is 0 Å². The highest BCUT2D eigenvalue weighted by molar-refractivity contribution is 6.31. The van der Waals surface area contributed by atoms with Gasteiger partial charge in [-0.25, -0.2) is 4.98 Å². The standard InChI is InChI=1S/C16H17ClF3N7/c1-2-27-8-23-12-13(25-15(22-6-5-21)26-14(12)27)24-9-3-4-11(17)10(7-9)16(18,19)20/h3-4,7-8H,2,5-6,21H2,1H3,(H2,22,24,25,26). The number of fused-ring (bicyclic) bond motifs is 1. The summed E-state index contributed by atoms with van der Waals surface area (Å²) in [6.07, 6.45) is -2.96. The maximum absolute atomic E-state index is 13.1. The van der Waals surface area contributed by atoms with Crippen LogP contribution in [0.25, 0.3) is 11.2 Å². The fraction of sp³-hybridized carbons (Fsp3) is 0.312. The second-order valence-electron chi connectivity index (χ2n) is 5.63. The van der Waals surface area contributed by atoms with Gasteiger partial charge in [0, 0.05) is 25.3 Å². The summed E-state index contributed by atoms with van der Waals surface area (Å²) in [5.74, 6) is 0.581.